The van der Waals surface area contributed by atoms with E-state index in [2.05, 4.69) is 20.6 Å². The van der Waals surface area contributed by atoms with Gasteiger partial charge in [0.2, 0.25) is 5.91 Å². The van der Waals surface area contributed by atoms with E-state index in [4.69, 9.17) is 0 Å². The number of carbonyl (C=O) groups is 1. The molecule has 0 bridgehead atoms. The number of likely N-dealkylation sites (tertiary alicyclic amines) is 1. The van der Waals surface area contributed by atoms with Crippen LogP contribution in [-0.4, -0.2) is 28.9 Å². The van der Waals surface area contributed by atoms with Gasteiger partial charge in [-0.3, -0.25) is 9.69 Å². The van der Waals surface area contributed by atoms with Crippen molar-refractivity contribution in [2.24, 2.45) is 5.92 Å². The molecule has 1 aliphatic heterocycles. The summed E-state index contributed by atoms with van der Waals surface area (Å²) in [5.41, 5.74) is 1.10. The molecule has 1 N–H and O–H groups in total. The molecule has 2 heterocycles. The van der Waals surface area contributed by atoms with Crippen molar-refractivity contribution >= 4 is 22.4 Å². The second-order valence-corrected chi connectivity index (χ2v) is 7.24. The lowest BCUT2D eigenvalue weighted by molar-refractivity contribution is -0.117. The molecule has 2 fully saturated rings. The molecule has 1 aliphatic carbocycles. The van der Waals surface area contributed by atoms with E-state index in [-0.39, 0.29) is 5.91 Å². The van der Waals surface area contributed by atoms with Crippen LogP contribution in [0.15, 0.2) is 5.38 Å². The largest absolute Gasteiger partial charge is 0.302 e. The summed E-state index contributed by atoms with van der Waals surface area (Å²) in [5.74, 6) is 0.735. The van der Waals surface area contributed by atoms with Crippen molar-refractivity contribution in [2.45, 2.75) is 57.9 Å². The minimum Gasteiger partial charge on any atom is -0.302 e. The number of piperidine rings is 1. The van der Waals surface area contributed by atoms with Gasteiger partial charge in [-0.15, -0.1) is 11.3 Å². The molecule has 1 amide bonds. The number of anilines is 1. The Morgan fingerprint density at radius 2 is 2.00 bits per heavy atom. The van der Waals surface area contributed by atoms with Gasteiger partial charge in [0, 0.05) is 18.3 Å². The van der Waals surface area contributed by atoms with E-state index in [1.165, 1.54) is 58.0 Å². The van der Waals surface area contributed by atoms with Crippen LogP contribution in [0.1, 0.15) is 57.1 Å². The molecule has 21 heavy (non-hydrogen) atoms. The molecular formula is C16H25N3OS. The molecule has 0 atom stereocenters. The van der Waals surface area contributed by atoms with Crippen molar-refractivity contribution in [2.75, 3.05) is 18.4 Å². The fourth-order valence-electron chi connectivity index (χ4n) is 3.43. The van der Waals surface area contributed by atoms with Crippen LogP contribution in [-0.2, 0) is 11.3 Å². The summed E-state index contributed by atoms with van der Waals surface area (Å²) in [6, 6.07) is 0. The van der Waals surface area contributed by atoms with Crippen molar-refractivity contribution in [3.05, 3.63) is 11.1 Å². The molecule has 5 heteroatoms. The zero-order valence-electron chi connectivity index (χ0n) is 12.6. The first-order valence-electron chi connectivity index (χ1n) is 8.26. The Kier molecular flexibility index (Phi) is 5.25. The predicted octanol–water partition coefficient (Wildman–Crippen LogP) is 3.65. The molecule has 0 aromatic carbocycles. The number of rotatable bonds is 5. The summed E-state index contributed by atoms with van der Waals surface area (Å²) < 4.78 is 0. The lowest BCUT2D eigenvalue weighted by Crippen LogP contribution is -2.29. The van der Waals surface area contributed by atoms with Gasteiger partial charge in [-0.2, -0.15) is 0 Å². The Hall–Kier alpha value is -0.940. The van der Waals surface area contributed by atoms with E-state index in [0.29, 0.717) is 12.3 Å². The maximum absolute atomic E-state index is 12.0. The minimum absolute atomic E-state index is 0.140. The number of aromatic nitrogens is 1. The summed E-state index contributed by atoms with van der Waals surface area (Å²) in [6.07, 6.45) is 9.63. The normalized spacial score (nSPS) is 20.8. The molecule has 0 spiro atoms. The SMILES string of the molecule is O=C(CC1CCCC1)Nc1nc(CN2CCCCC2)cs1. The summed E-state index contributed by atoms with van der Waals surface area (Å²) >= 11 is 1.55. The van der Waals surface area contributed by atoms with Crippen LogP contribution in [0.5, 0.6) is 0 Å². The van der Waals surface area contributed by atoms with E-state index in [1.54, 1.807) is 11.3 Å². The summed E-state index contributed by atoms with van der Waals surface area (Å²) in [7, 11) is 0. The quantitative estimate of drug-likeness (QED) is 0.903. The van der Waals surface area contributed by atoms with Crippen molar-refractivity contribution in [1.29, 1.82) is 0 Å². The standard InChI is InChI=1S/C16H25N3OS/c20-15(10-13-6-2-3-7-13)18-16-17-14(12-21-16)11-19-8-4-1-5-9-19/h12-13H,1-11H2,(H,17,18,20). The average molecular weight is 307 g/mol. The van der Waals surface area contributed by atoms with Crippen LogP contribution in [0.2, 0.25) is 0 Å². The van der Waals surface area contributed by atoms with Crippen molar-refractivity contribution in [3.8, 4) is 0 Å². The van der Waals surface area contributed by atoms with Gasteiger partial charge in [0.05, 0.1) is 5.69 Å². The smallest absolute Gasteiger partial charge is 0.226 e. The molecular weight excluding hydrogens is 282 g/mol. The van der Waals surface area contributed by atoms with Gasteiger partial charge >= 0.3 is 0 Å². The zero-order valence-corrected chi connectivity index (χ0v) is 13.5. The Bertz CT molecular complexity index is 462. The van der Waals surface area contributed by atoms with Gasteiger partial charge < -0.3 is 5.32 Å². The third-order valence-corrected chi connectivity index (χ3v) is 5.39. The zero-order chi connectivity index (χ0) is 14.5. The van der Waals surface area contributed by atoms with Gasteiger partial charge in [0.15, 0.2) is 5.13 Å². The van der Waals surface area contributed by atoms with Crippen LogP contribution in [0.3, 0.4) is 0 Å². The topological polar surface area (TPSA) is 45.2 Å². The molecule has 1 saturated carbocycles. The van der Waals surface area contributed by atoms with Crippen molar-refractivity contribution in [1.82, 2.24) is 9.88 Å². The fraction of sp³-hybridized carbons (Fsp3) is 0.750. The first-order valence-corrected chi connectivity index (χ1v) is 9.14. The highest BCUT2D eigenvalue weighted by Crippen LogP contribution is 2.28. The Labute approximate surface area is 130 Å². The Morgan fingerprint density at radius 3 is 2.76 bits per heavy atom. The molecule has 116 valence electrons. The number of hydrogen-bond acceptors (Lipinski definition) is 4. The van der Waals surface area contributed by atoms with Crippen LogP contribution in [0.25, 0.3) is 0 Å². The van der Waals surface area contributed by atoms with Crippen LogP contribution in [0, 0.1) is 5.92 Å². The highest BCUT2D eigenvalue weighted by molar-refractivity contribution is 7.13. The van der Waals surface area contributed by atoms with Crippen molar-refractivity contribution < 1.29 is 4.79 Å². The van der Waals surface area contributed by atoms with Gasteiger partial charge in [-0.25, -0.2) is 4.98 Å². The second kappa shape index (κ2) is 7.36. The monoisotopic (exact) mass is 307 g/mol. The van der Waals surface area contributed by atoms with Crippen molar-refractivity contribution in [3.63, 3.8) is 0 Å². The molecule has 1 aromatic heterocycles. The Balaban J connectivity index is 1.46. The first kappa shape index (κ1) is 15.0. The maximum atomic E-state index is 12.0. The molecule has 3 rings (SSSR count). The minimum atomic E-state index is 0.140. The lowest BCUT2D eigenvalue weighted by atomic mass is 10.0. The first-order chi connectivity index (χ1) is 10.3. The van der Waals surface area contributed by atoms with Gasteiger partial charge in [0.1, 0.15) is 0 Å². The number of carbonyl (C=O) groups excluding carboxylic acids is 1. The van der Waals surface area contributed by atoms with E-state index < -0.39 is 0 Å². The summed E-state index contributed by atoms with van der Waals surface area (Å²) in [5, 5.41) is 5.83. The van der Waals surface area contributed by atoms with E-state index in [1.807, 2.05) is 0 Å². The maximum Gasteiger partial charge on any atom is 0.226 e. The lowest BCUT2D eigenvalue weighted by Gasteiger charge is -2.25. The molecule has 0 unspecified atom stereocenters. The third-order valence-electron chi connectivity index (χ3n) is 4.58. The molecule has 4 nitrogen and oxygen atoms in total. The van der Waals surface area contributed by atoms with E-state index >= 15 is 0 Å². The summed E-state index contributed by atoms with van der Waals surface area (Å²) in [4.78, 5) is 19.0. The molecule has 0 radical (unpaired) electrons. The van der Waals surface area contributed by atoms with E-state index in [9.17, 15) is 4.79 Å². The molecule has 1 aromatic rings. The van der Waals surface area contributed by atoms with Crippen LogP contribution < -0.4 is 5.32 Å². The van der Waals surface area contributed by atoms with E-state index in [0.717, 1.165) is 17.4 Å². The Morgan fingerprint density at radius 1 is 1.24 bits per heavy atom. The second-order valence-electron chi connectivity index (χ2n) is 6.38. The number of hydrogen-bond donors (Lipinski definition) is 1. The fourth-order valence-corrected chi connectivity index (χ4v) is 4.15. The van der Waals surface area contributed by atoms with Crippen LogP contribution >= 0.6 is 11.3 Å². The molecule has 2 aliphatic rings. The van der Waals surface area contributed by atoms with Gasteiger partial charge in [-0.05, 0) is 44.7 Å². The highest BCUT2D eigenvalue weighted by atomic mass is 32.1. The number of thiazole rings is 1. The third kappa shape index (κ3) is 4.51. The number of nitrogens with zero attached hydrogens (tertiary/aromatic N) is 2. The van der Waals surface area contributed by atoms with Crippen LogP contribution in [0.4, 0.5) is 5.13 Å². The average Bonchev–Trinajstić information content (AvgIpc) is 3.12. The molecule has 1 saturated heterocycles. The number of amides is 1. The summed E-state index contributed by atoms with van der Waals surface area (Å²) in [6.45, 7) is 3.29. The highest BCUT2D eigenvalue weighted by Gasteiger charge is 2.19. The van der Waals surface area contributed by atoms with Gasteiger partial charge in [0.25, 0.3) is 0 Å². The van der Waals surface area contributed by atoms with Gasteiger partial charge in [-0.1, -0.05) is 19.3 Å². The number of nitrogens with one attached hydrogen (secondary N) is 1. The predicted molar refractivity (Wildman–Crippen MR) is 86.4 cm³/mol.